The number of nitrogens with zero attached hydrogens (tertiary/aromatic N) is 1. The molecule has 2 N–H and O–H groups in total. The van der Waals surface area contributed by atoms with Crippen LogP contribution in [0.2, 0.25) is 10.0 Å². The van der Waals surface area contributed by atoms with Gasteiger partial charge in [0.25, 0.3) is 5.91 Å². The van der Waals surface area contributed by atoms with Crippen molar-refractivity contribution in [1.29, 1.82) is 0 Å². The van der Waals surface area contributed by atoms with Crippen molar-refractivity contribution >= 4 is 29.1 Å². The number of amides is 1. The molecule has 0 aliphatic carbocycles. The molecule has 2 rings (SSSR count). The molecular weight excluding hydrogens is 302 g/mol. The van der Waals surface area contributed by atoms with Gasteiger partial charge in [0.15, 0.2) is 0 Å². The minimum absolute atomic E-state index is 0.0813. The van der Waals surface area contributed by atoms with Crippen LogP contribution < -0.4 is 5.73 Å². The third-order valence-corrected chi connectivity index (χ3v) is 4.41. The Hall–Kier alpha value is -0.840. The first kappa shape index (κ1) is 15.5. The zero-order chi connectivity index (χ0) is 14.9. The van der Waals surface area contributed by atoms with Gasteiger partial charge in [-0.1, -0.05) is 23.2 Å². The molecule has 1 aliphatic rings. The number of carbonyl (C=O) groups is 1. The van der Waals surface area contributed by atoms with Gasteiger partial charge < -0.3 is 10.6 Å². The maximum absolute atomic E-state index is 13.5. The molecule has 1 amide bonds. The minimum Gasteiger partial charge on any atom is -0.339 e. The molecule has 6 heteroatoms. The number of rotatable bonds is 2. The molecule has 0 radical (unpaired) electrons. The first-order valence-electron chi connectivity index (χ1n) is 6.59. The van der Waals surface area contributed by atoms with Gasteiger partial charge in [-0.3, -0.25) is 4.79 Å². The molecule has 0 aromatic heterocycles. The Kier molecular flexibility index (Phi) is 4.89. The molecule has 1 aliphatic heterocycles. The molecule has 1 saturated heterocycles. The smallest absolute Gasteiger partial charge is 0.255 e. The van der Waals surface area contributed by atoms with Crippen LogP contribution >= 0.6 is 23.2 Å². The molecule has 0 bridgehead atoms. The van der Waals surface area contributed by atoms with Crippen LogP contribution in [0.3, 0.4) is 0 Å². The average molecular weight is 319 g/mol. The minimum atomic E-state index is -0.634. The number of halogens is 3. The summed E-state index contributed by atoms with van der Waals surface area (Å²) in [6, 6.07) is 2.49. The van der Waals surface area contributed by atoms with E-state index in [4.69, 9.17) is 28.9 Å². The van der Waals surface area contributed by atoms with Crippen LogP contribution in [0.1, 0.15) is 30.1 Å². The van der Waals surface area contributed by atoms with Gasteiger partial charge in [0, 0.05) is 19.1 Å². The summed E-state index contributed by atoms with van der Waals surface area (Å²) in [6.45, 7) is 3.21. The summed E-state index contributed by atoms with van der Waals surface area (Å²) in [5, 5.41) is 0.0953. The summed E-state index contributed by atoms with van der Waals surface area (Å²) in [4.78, 5) is 14.0. The summed E-state index contributed by atoms with van der Waals surface area (Å²) < 4.78 is 13.5. The van der Waals surface area contributed by atoms with E-state index in [1.807, 2.05) is 6.92 Å². The van der Waals surface area contributed by atoms with Crippen LogP contribution in [0, 0.1) is 11.7 Å². The van der Waals surface area contributed by atoms with Gasteiger partial charge in [-0.25, -0.2) is 4.39 Å². The Morgan fingerprint density at radius 3 is 2.50 bits per heavy atom. The Morgan fingerprint density at radius 2 is 1.95 bits per heavy atom. The summed E-state index contributed by atoms with van der Waals surface area (Å²) >= 11 is 11.6. The molecule has 1 aromatic rings. The molecule has 1 atom stereocenters. The number of hydrogen-bond donors (Lipinski definition) is 1. The Labute approximate surface area is 127 Å². The molecule has 1 aromatic carbocycles. The molecule has 110 valence electrons. The van der Waals surface area contributed by atoms with Crippen molar-refractivity contribution in [2.24, 2.45) is 11.7 Å². The van der Waals surface area contributed by atoms with E-state index in [1.165, 1.54) is 6.07 Å². The number of likely N-dealkylation sites (tertiary alicyclic amines) is 1. The fourth-order valence-electron chi connectivity index (χ4n) is 2.49. The SMILES string of the molecule is CC(N)C1CCN(C(=O)c2cc(F)c(Cl)cc2Cl)CC1. The predicted molar refractivity (Wildman–Crippen MR) is 78.7 cm³/mol. The highest BCUT2D eigenvalue weighted by atomic mass is 35.5. The molecule has 1 fully saturated rings. The lowest BCUT2D eigenvalue weighted by Crippen LogP contribution is -2.42. The predicted octanol–water partition coefficient (Wildman–Crippen LogP) is 3.33. The standard InChI is InChI=1S/C14H17Cl2FN2O/c1-8(18)9-2-4-19(5-3-9)14(20)10-6-13(17)12(16)7-11(10)15/h6-9H,2-5,18H2,1H3. The van der Waals surface area contributed by atoms with Crippen molar-refractivity contribution in [2.45, 2.75) is 25.8 Å². The largest absolute Gasteiger partial charge is 0.339 e. The van der Waals surface area contributed by atoms with Gasteiger partial charge in [0.1, 0.15) is 5.82 Å². The number of benzene rings is 1. The molecular formula is C14H17Cl2FN2O. The number of nitrogens with two attached hydrogens (primary N) is 1. The van der Waals surface area contributed by atoms with Crippen LogP contribution in [0.25, 0.3) is 0 Å². The van der Waals surface area contributed by atoms with E-state index in [0.29, 0.717) is 19.0 Å². The highest BCUT2D eigenvalue weighted by Gasteiger charge is 2.27. The lowest BCUT2D eigenvalue weighted by molar-refractivity contribution is 0.0680. The molecule has 20 heavy (non-hydrogen) atoms. The van der Waals surface area contributed by atoms with Crippen LogP contribution in [-0.2, 0) is 0 Å². The first-order chi connectivity index (χ1) is 9.40. The maximum atomic E-state index is 13.5. The van der Waals surface area contributed by atoms with Gasteiger partial charge in [0.2, 0.25) is 0 Å². The third kappa shape index (κ3) is 3.25. The Balaban J connectivity index is 2.11. The zero-order valence-corrected chi connectivity index (χ0v) is 12.7. The summed E-state index contributed by atoms with van der Waals surface area (Å²) in [7, 11) is 0. The fraction of sp³-hybridized carbons (Fsp3) is 0.500. The Morgan fingerprint density at radius 1 is 1.35 bits per heavy atom. The molecule has 0 saturated carbocycles. The van der Waals surface area contributed by atoms with Gasteiger partial charge in [-0.15, -0.1) is 0 Å². The van der Waals surface area contributed by atoms with Crippen molar-refractivity contribution in [1.82, 2.24) is 4.90 Å². The van der Waals surface area contributed by atoms with Crippen molar-refractivity contribution in [3.05, 3.63) is 33.6 Å². The van der Waals surface area contributed by atoms with Gasteiger partial charge in [-0.05, 0) is 37.8 Å². The second-order valence-electron chi connectivity index (χ2n) is 5.23. The lowest BCUT2D eigenvalue weighted by atomic mass is 9.90. The zero-order valence-electron chi connectivity index (χ0n) is 11.2. The van der Waals surface area contributed by atoms with Crippen molar-refractivity contribution in [3.63, 3.8) is 0 Å². The summed E-state index contributed by atoms with van der Waals surface area (Å²) in [5.74, 6) is -0.463. The van der Waals surface area contributed by atoms with E-state index >= 15 is 0 Å². The second-order valence-corrected chi connectivity index (χ2v) is 6.05. The third-order valence-electron chi connectivity index (χ3n) is 3.81. The van der Waals surface area contributed by atoms with Gasteiger partial charge in [-0.2, -0.15) is 0 Å². The normalized spacial score (nSPS) is 18.1. The first-order valence-corrected chi connectivity index (χ1v) is 7.35. The molecule has 1 heterocycles. The van der Waals surface area contributed by atoms with E-state index in [0.717, 1.165) is 18.9 Å². The van der Waals surface area contributed by atoms with E-state index in [1.54, 1.807) is 4.90 Å². The summed E-state index contributed by atoms with van der Waals surface area (Å²) in [6.07, 6.45) is 1.72. The van der Waals surface area contributed by atoms with Crippen molar-refractivity contribution < 1.29 is 9.18 Å². The Bertz CT molecular complexity index is 514. The maximum Gasteiger partial charge on any atom is 0.255 e. The summed E-state index contributed by atoms with van der Waals surface area (Å²) in [5.41, 5.74) is 6.03. The number of carbonyl (C=O) groups excluding carboxylic acids is 1. The highest BCUT2D eigenvalue weighted by molar-refractivity contribution is 6.36. The topological polar surface area (TPSA) is 46.3 Å². The molecule has 3 nitrogen and oxygen atoms in total. The van der Waals surface area contributed by atoms with Crippen LogP contribution in [-0.4, -0.2) is 29.9 Å². The fourth-order valence-corrected chi connectivity index (χ4v) is 2.95. The molecule has 1 unspecified atom stereocenters. The van der Waals surface area contributed by atoms with Gasteiger partial charge >= 0.3 is 0 Å². The highest BCUT2D eigenvalue weighted by Crippen LogP contribution is 2.27. The van der Waals surface area contributed by atoms with E-state index in [-0.39, 0.29) is 27.6 Å². The number of piperidine rings is 1. The van der Waals surface area contributed by atoms with Crippen LogP contribution in [0.4, 0.5) is 4.39 Å². The lowest BCUT2D eigenvalue weighted by Gasteiger charge is -2.33. The molecule has 0 spiro atoms. The number of hydrogen-bond acceptors (Lipinski definition) is 2. The van der Waals surface area contributed by atoms with E-state index in [9.17, 15) is 9.18 Å². The average Bonchev–Trinajstić information content (AvgIpc) is 2.42. The monoisotopic (exact) mass is 318 g/mol. The quantitative estimate of drug-likeness (QED) is 0.850. The van der Waals surface area contributed by atoms with Crippen LogP contribution in [0.15, 0.2) is 12.1 Å². The second kappa shape index (κ2) is 6.29. The van der Waals surface area contributed by atoms with Gasteiger partial charge in [0.05, 0.1) is 15.6 Å². The van der Waals surface area contributed by atoms with E-state index in [2.05, 4.69) is 0 Å². The van der Waals surface area contributed by atoms with Crippen molar-refractivity contribution in [2.75, 3.05) is 13.1 Å². The van der Waals surface area contributed by atoms with E-state index < -0.39 is 5.82 Å². The van der Waals surface area contributed by atoms with Crippen molar-refractivity contribution in [3.8, 4) is 0 Å². The van der Waals surface area contributed by atoms with Crippen LogP contribution in [0.5, 0.6) is 0 Å².